The molecule has 20 heavy (non-hydrogen) atoms. The fourth-order valence-corrected chi connectivity index (χ4v) is 2.03. The maximum Gasteiger partial charge on any atom is 0.360 e. The molecule has 0 saturated carbocycles. The van der Waals surface area contributed by atoms with E-state index in [0.717, 1.165) is 24.1 Å². The van der Waals surface area contributed by atoms with Gasteiger partial charge in [0.15, 0.2) is 5.69 Å². The molecule has 2 heterocycles. The molecule has 0 unspecified atom stereocenters. The van der Waals surface area contributed by atoms with Crippen molar-refractivity contribution >= 4 is 5.97 Å². The van der Waals surface area contributed by atoms with Gasteiger partial charge in [0.1, 0.15) is 0 Å². The molecule has 2 aromatic heterocycles. The van der Waals surface area contributed by atoms with Crippen LogP contribution in [0.15, 0.2) is 12.4 Å². The summed E-state index contributed by atoms with van der Waals surface area (Å²) >= 11 is 0. The van der Waals surface area contributed by atoms with E-state index in [-0.39, 0.29) is 0 Å². The quantitative estimate of drug-likeness (QED) is 0.741. The van der Waals surface area contributed by atoms with Crippen molar-refractivity contribution in [3.05, 3.63) is 29.3 Å². The molecule has 0 aliphatic carbocycles. The summed E-state index contributed by atoms with van der Waals surface area (Å²) in [5, 5.41) is 12.2. The maximum absolute atomic E-state index is 11.9. The first kappa shape index (κ1) is 14.2. The summed E-state index contributed by atoms with van der Waals surface area (Å²) in [6.07, 6.45) is 5.34. The summed E-state index contributed by atoms with van der Waals surface area (Å²) in [5.41, 5.74) is 2.15. The summed E-state index contributed by atoms with van der Waals surface area (Å²) < 4.78 is 8.49. The van der Waals surface area contributed by atoms with Gasteiger partial charge in [-0.25, -0.2) is 9.48 Å². The van der Waals surface area contributed by atoms with Crippen molar-refractivity contribution in [3.63, 3.8) is 0 Å². The molecule has 0 N–H and O–H groups in total. The fraction of sp³-hybridized carbons (Fsp3) is 0.538. The minimum absolute atomic E-state index is 0.317. The van der Waals surface area contributed by atoms with E-state index in [4.69, 9.17) is 4.74 Å². The van der Waals surface area contributed by atoms with Gasteiger partial charge in [-0.05, 0) is 13.3 Å². The van der Waals surface area contributed by atoms with Crippen molar-refractivity contribution < 1.29 is 9.53 Å². The second kappa shape index (κ2) is 6.31. The van der Waals surface area contributed by atoms with Gasteiger partial charge >= 0.3 is 5.97 Å². The highest BCUT2D eigenvalue weighted by atomic mass is 16.5. The van der Waals surface area contributed by atoms with Crippen LogP contribution in [0.1, 0.15) is 42.0 Å². The number of aromatic nitrogens is 5. The molecule has 0 aliphatic heterocycles. The minimum Gasteiger partial charge on any atom is -0.461 e. The lowest BCUT2D eigenvalue weighted by molar-refractivity contribution is 0.0518. The van der Waals surface area contributed by atoms with Crippen LogP contribution in [0.2, 0.25) is 0 Å². The van der Waals surface area contributed by atoms with Crippen LogP contribution in [0, 0.1) is 0 Å². The van der Waals surface area contributed by atoms with E-state index in [1.807, 2.05) is 13.2 Å². The van der Waals surface area contributed by atoms with E-state index < -0.39 is 5.97 Å². The Kier molecular flexibility index (Phi) is 4.49. The number of carbonyl (C=O) groups is 1. The van der Waals surface area contributed by atoms with Gasteiger partial charge in [0.25, 0.3) is 0 Å². The van der Waals surface area contributed by atoms with Gasteiger partial charge < -0.3 is 4.74 Å². The molecular weight excluding hydrogens is 258 g/mol. The molecule has 0 aromatic carbocycles. The van der Waals surface area contributed by atoms with Crippen molar-refractivity contribution in [1.82, 2.24) is 24.8 Å². The normalized spacial score (nSPS) is 10.8. The molecule has 7 nitrogen and oxygen atoms in total. The Morgan fingerprint density at radius 2 is 2.20 bits per heavy atom. The Morgan fingerprint density at radius 1 is 1.40 bits per heavy atom. The lowest BCUT2D eigenvalue weighted by Crippen LogP contribution is -2.11. The number of ether oxygens (including phenoxy) is 1. The molecule has 0 amide bonds. The molecule has 0 spiro atoms. The topological polar surface area (TPSA) is 74.8 Å². The van der Waals surface area contributed by atoms with Crippen LogP contribution >= 0.6 is 0 Å². The van der Waals surface area contributed by atoms with Crippen LogP contribution in [0.25, 0.3) is 0 Å². The zero-order valence-electron chi connectivity index (χ0n) is 12.0. The lowest BCUT2D eigenvalue weighted by atomic mass is 10.2. The fourth-order valence-electron chi connectivity index (χ4n) is 2.03. The van der Waals surface area contributed by atoms with E-state index in [1.165, 1.54) is 0 Å². The lowest BCUT2D eigenvalue weighted by Gasteiger charge is -2.05. The zero-order valence-corrected chi connectivity index (χ0v) is 12.0. The van der Waals surface area contributed by atoms with E-state index >= 15 is 0 Å². The average Bonchev–Trinajstić information content (AvgIpc) is 2.99. The monoisotopic (exact) mass is 277 g/mol. The third kappa shape index (κ3) is 3.04. The molecule has 7 heteroatoms. The molecule has 0 atom stereocenters. The molecule has 0 aliphatic rings. The molecule has 0 fully saturated rings. The number of nitrogens with zero attached hydrogens (tertiary/aromatic N) is 5. The SMILES string of the molecule is CCCc1c(C(=O)OCC)nnn1Cc1cnn(C)c1. The molecular formula is C13H19N5O2. The molecule has 0 radical (unpaired) electrons. The van der Waals surface area contributed by atoms with E-state index in [2.05, 4.69) is 22.3 Å². The highest BCUT2D eigenvalue weighted by molar-refractivity contribution is 5.88. The van der Waals surface area contributed by atoms with E-state index in [9.17, 15) is 4.79 Å². The molecule has 0 bridgehead atoms. The summed E-state index contributed by atoms with van der Waals surface area (Å²) in [7, 11) is 1.86. The maximum atomic E-state index is 11.9. The Balaban J connectivity index is 2.26. The number of hydrogen-bond acceptors (Lipinski definition) is 5. The first-order valence-electron chi connectivity index (χ1n) is 6.72. The Morgan fingerprint density at radius 3 is 2.80 bits per heavy atom. The molecule has 0 saturated heterocycles. The molecule has 2 rings (SSSR count). The van der Waals surface area contributed by atoms with Crippen molar-refractivity contribution in [1.29, 1.82) is 0 Å². The predicted octanol–water partition coefficient (Wildman–Crippen LogP) is 1.19. The number of esters is 1. The summed E-state index contributed by atoms with van der Waals surface area (Å²) in [6.45, 7) is 4.71. The van der Waals surface area contributed by atoms with Gasteiger partial charge in [-0.15, -0.1) is 5.10 Å². The van der Waals surface area contributed by atoms with Crippen LogP contribution < -0.4 is 0 Å². The van der Waals surface area contributed by atoms with E-state index in [0.29, 0.717) is 18.8 Å². The van der Waals surface area contributed by atoms with Gasteiger partial charge in [0.05, 0.1) is 25.0 Å². The van der Waals surface area contributed by atoms with Crippen LogP contribution in [-0.2, 0) is 24.8 Å². The van der Waals surface area contributed by atoms with Crippen molar-refractivity contribution in [3.8, 4) is 0 Å². The molecule has 2 aromatic rings. The van der Waals surface area contributed by atoms with Gasteiger partial charge in [0, 0.05) is 18.8 Å². The van der Waals surface area contributed by atoms with Crippen LogP contribution in [0.3, 0.4) is 0 Å². The smallest absolute Gasteiger partial charge is 0.360 e. The zero-order chi connectivity index (χ0) is 14.5. The molecule has 108 valence electrons. The number of carbonyl (C=O) groups excluding carboxylic acids is 1. The standard InChI is InChI=1S/C13H19N5O2/c1-4-6-11-12(13(19)20-5-2)15-16-18(11)9-10-7-14-17(3)8-10/h7-8H,4-6,9H2,1-3H3. The van der Waals surface area contributed by atoms with Crippen molar-refractivity contribution in [2.45, 2.75) is 33.2 Å². The van der Waals surface area contributed by atoms with Gasteiger partial charge in [0.2, 0.25) is 0 Å². The Hall–Kier alpha value is -2.18. The predicted molar refractivity (Wildman–Crippen MR) is 72.3 cm³/mol. The largest absolute Gasteiger partial charge is 0.461 e. The second-order valence-electron chi connectivity index (χ2n) is 4.54. The summed E-state index contributed by atoms with van der Waals surface area (Å²) in [6, 6.07) is 0. The van der Waals surface area contributed by atoms with Crippen LogP contribution in [0.4, 0.5) is 0 Å². The van der Waals surface area contributed by atoms with E-state index in [1.54, 1.807) is 22.5 Å². The highest BCUT2D eigenvalue weighted by Gasteiger charge is 2.20. The van der Waals surface area contributed by atoms with Crippen molar-refractivity contribution in [2.24, 2.45) is 7.05 Å². The Labute approximate surface area is 117 Å². The summed E-state index contributed by atoms with van der Waals surface area (Å²) in [4.78, 5) is 11.9. The summed E-state index contributed by atoms with van der Waals surface area (Å²) in [5.74, 6) is -0.409. The first-order chi connectivity index (χ1) is 9.65. The average molecular weight is 277 g/mol. The number of aryl methyl sites for hydroxylation is 1. The minimum atomic E-state index is -0.409. The van der Waals surface area contributed by atoms with Crippen LogP contribution in [0.5, 0.6) is 0 Å². The first-order valence-corrected chi connectivity index (χ1v) is 6.72. The third-order valence-corrected chi connectivity index (χ3v) is 2.88. The Bertz CT molecular complexity index is 587. The number of rotatable bonds is 6. The van der Waals surface area contributed by atoms with Gasteiger partial charge in [-0.3, -0.25) is 4.68 Å². The highest BCUT2D eigenvalue weighted by Crippen LogP contribution is 2.12. The van der Waals surface area contributed by atoms with Gasteiger partial charge in [-0.2, -0.15) is 5.10 Å². The van der Waals surface area contributed by atoms with Crippen LogP contribution in [-0.4, -0.2) is 37.4 Å². The van der Waals surface area contributed by atoms with Crippen molar-refractivity contribution in [2.75, 3.05) is 6.61 Å². The second-order valence-corrected chi connectivity index (χ2v) is 4.54. The van der Waals surface area contributed by atoms with Gasteiger partial charge in [-0.1, -0.05) is 18.6 Å². The number of hydrogen-bond donors (Lipinski definition) is 0. The third-order valence-electron chi connectivity index (χ3n) is 2.88.